The molecule has 0 spiro atoms. The lowest BCUT2D eigenvalue weighted by atomic mass is 9.56. The Hall–Kier alpha value is -0.570. The molecule has 2 aliphatic rings. The highest BCUT2D eigenvalue weighted by Crippen LogP contribution is 2.53. The monoisotopic (exact) mass is 366 g/mol. The van der Waals surface area contributed by atoms with Gasteiger partial charge in [0, 0.05) is 0 Å². The summed E-state index contributed by atoms with van der Waals surface area (Å²) in [6, 6.07) is 0. The van der Waals surface area contributed by atoms with E-state index in [-0.39, 0.29) is 16.8 Å². The van der Waals surface area contributed by atoms with Crippen LogP contribution >= 0.6 is 0 Å². The molecule has 4 unspecified atom stereocenters. The van der Waals surface area contributed by atoms with Crippen molar-refractivity contribution in [2.75, 3.05) is 6.61 Å². The van der Waals surface area contributed by atoms with Gasteiger partial charge >= 0.3 is 5.97 Å². The average molecular weight is 367 g/mol. The van der Waals surface area contributed by atoms with E-state index < -0.39 is 5.41 Å². The van der Waals surface area contributed by atoms with Crippen molar-refractivity contribution in [3.8, 4) is 0 Å². The van der Waals surface area contributed by atoms with Crippen molar-refractivity contribution in [2.24, 2.45) is 22.2 Å². The van der Waals surface area contributed by atoms with Gasteiger partial charge in [-0.2, -0.15) is 0 Å². The molecule has 1 heterocycles. The van der Waals surface area contributed by atoms with Gasteiger partial charge in [-0.25, -0.2) is 0 Å². The topological polar surface area (TPSA) is 38.8 Å². The third-order valence-electron chi connectivity index (χ3n) is 8.39. The van der Waals surface area contributed by atoms with Crippen molar-refractivity contribution in [1.29, 1.82) is 0 Å². The van der Waals surface area contributed by atoms with Gasteiger partial charge in [-0.15, -0.1) is 0 Å². The number of epoxide rings is 1. The summed E-state index contributed by atoms with van der Waals surface area (Å²) in [5.41, 5.74) is -0.295. The Bertz CT molecular complexity index is 478. The predicted octanol–water partition coefficient (Wildman–Crippen LogP) is 6.15. The maximum absolute atomic E-state index is 13.4. The fraction of sp³-hybridized carbons (Fsp3) is 0.957. The van der Waals surface area contributed by atoms with Gasteiger partial charge in [0.2, 0.25) is 0 Å². The Morgan fingerprint density at radius 3 is 2.08 bits per heavy atom. The van der Waals surface area contributed by atoms with E-state index in [1.165, 1.54) is 0 Å². The number of carbonyl (C=O) groups excluding carboxylic acids is 1. The van der Waals surface area contributed by atoms with Crippen molar-refractivity contribution >= 4 is 5.97 Å². The van der Waals surface area contributed by atoms with Gasteiger partial charge in [-0.05, 0) is 62.2 Å². The predicted molar refractivity (Wildman–Crippen MR) is 107 cm³/mol. The number of esters is 1. The molecule has 2 rings (SSSR count). The number of carbonyl (C=O) groups is 1. The van der Waals surface area contributed by atoms with E-state index in [1.807, 2.05) is 0 Å². The Kier molecular flexibility index (Phi) is 6.86. The van der Waals surface area contributed by atoms with Gasteiger partial charge in [-0.1, -0.05) is 54.4 Å². The van der Waals surface area contributed by atoms with Gasteiger partial charge in [0.05, 0.1) is 24.2 Å². The van der Waals surface area contributed by atoms with Gasteiger partial charge < -0.3 is 9.47 Å². The molecule has 1 saturated carbocycles. The van der Waals surface area contributed by atoms with E-state index in [1.54, 1.807) is 0 Å². The summed E-state index contributed by atoms with van der Waals surface area (Å²) >= 11 is 0. The molecule has 0 bridgehead atoms. The van der Waals surface area contributed by atoms with E-state index in [0.717, 1.165) is 51.4 Å². The van der Waals surface area contributed by atoms with Gasteiger partial charge in [-0.3, -0.25) is 4.79 Å². The summed E-state index contributed by atoms with van der Waals surface area (Å²) in [5.74, 6) is 0.501. The number of ether oxygens (including phenoxy) is 2. The molecule has 1 saturated heterocycles. The van der Waals surface area contributed by atoms with Gasteiger partial charge in [0.25, 0.3) is 0 Å². The lowest BCUT2D eigenvalue weighted by Crippen LogP contribution is -2.48. The van der Waals surface area contributed by atoms with Crippen LogP contribution in [0.3, 0.4) is 0 Å². The molecule has 1 aliphatic carbocycles. The molecule has 1 aliphatic heterocycles. The molecule has 0 aromatic heterocycles. The molecule has 152 valence electrons. The highest BCUT2D eigenvalue weighted by Gasteiger charge is 2.52. The van der Waals surface area contributed by atoms with Crippen molar-refractivity contribution in [1.82, 2.24) is 0 Å². The van der Waals surface area contributed by atoms with Crippen molar-refractivity contribution < 1.29 is 14.3 Å². The fourth-order valence-electron chi connectivity index (χ4n) is 4.91. The number of hydrogen-bond donors (Lipinski definition) is 0. The SMILES string of the molecule is CCC(C)(CC)CC(C)(C(=O)OCC1CCC2OC2C1)C(C)(CC)CC. The quantitative estimate of drug-likeness (QED) is 0.344. The third-order valence-corrected chi connectivity index (χ3v) is 8.39. The highest BCUT2D eigenvalue weighted by molar-refractivity contribution is 5.77. The second kappa shape index (κ2) is 8.20. The number of hydrogen-bond acceptors (Lipinski definition) is 3. The molecule has 3 nitrogen and oxygen atoms in total. The first-order valence-corrected chi connectivity index (χ1v) is 11.0. The molecule has 0 radical (unpaired) electrons. The zero-order valence-electron chi connectivity index (χ0n) is 18.3. The molecule has 2 fully saturated rings. The van der Waals surface area contributed by atoms with Crippen LogP contribution in [0.4, 0.5) is 0 Å². The van der Waals surface area contributed by atoms with E-state index in [2.05, 4.69) is 48.5 Å². The first kappa shape index (κ1) is 21.7. The average Bonchev–Trinajstić information content (AvgIpc) is 3.43. The van der Waals surface area contributed by atoms with E-state index in [0.29, 0.717) is 24.7 Å². The number of fused-ring (bicyclic) bond motifs is 1. The standard InChI is InChI=1S/C23H42O3/c1-8-21(5,9-2)16-23(7,22(6,10-3)11-4)20(24)25-15-17-12-13-18-19(14-17)26-18/h17-19H,8-16H2,1-7H3. The molecule has 4 atom stereocenters. The molecule has 0 N–H and O–H groups in total. The van der Waals surface area contributed by atoms with Crippen LogP contribution in [0.1, 0.15) is 99.8 Å². The van der Waals surface area contributed by atoms with Crippen molar-refractivity contribution in [2.45, 2.75) is 112 Å². The van der Waals surface area contributed by atoms with Gasteiger partial charge in [0.1, 0.15) is 0 Å². The summed E-state index contributed by atoms with van der Waals surface area (Å²) in [6.45, 7) is 16.3. The molecule has 26 heavy (non-hydrogen) atoms. The molecule has 0 amide bonds. The minimum Gasteiger partial charge on any atom is -0.465 e. The second-order valence-electron chi connectivity index (χ2n) is 9.78. The molecule has 0 aromatic rings. The molecule has 0 aromatic carbocycles. The Morgan fingerprint density at radius 2 is 1.58 bits per heavy atom. The van der Waals surface area contributed by atoms with Crippen LogP contribution in [0.15, 0.2) is 0 Å². The Labute approximate surface area is 161 Å². The fourth-order valence-corrected chi connectivity index (χ4v) is 4.91. The van der Waals surface area contributed by atoms with Crippen LogP contribution in [0.25, 0.3) is 0 Å². The second-order valence-corrected chi connectivity index (χ2v) is 9.78. The van der Waals surface area contributed by atoms with Crippen LogP contribution < -0.4 is 0 Å². The molecular weight excluding hydrogens is 324 g/mol. The first-order chi connectivity index (χ1) is 12.2. The zero-order chi connectivity index (χ0) is 19.6. The van der Waals surface area contributed by atoms with Crippen LogP contribution in [-0.2, 0) is 14.3 Å². The van der Waals surface area contributed by atoms with E-state index >= 15 is 0 Å². The van der Waals surface area contributed by atoms with Crippen LogP contribution in [0.2, 0.25) is 0 Å². The normalized spacial score (nSPS) is 28.2. The third kappa shape index (κ3) is 4.29. The minimum atomic E-state index is -0.440. The van der Waals surface area contributed by atoms with Crippen LogP contribution in [-0.4, -0.2) is 24.8 Å². The first-order valence-electron chi connectivity index (χ1n) is 11.0. The maximum atomic E-state index is 13.4. The lowest BCUT2D eigenvalue weighted by Gasteiger charge is -2.48. The highest BCUT2D eigenvalue weighted by atomic mass is 16.6. The Balaban J connectivity index is 2.11. The maximum Gasteiger partial charge on any atom is 0.312 e. The minimum absolute atomic E-state index is 0.0238. The van der Waals surface area contributed by atoms with E-state index in [4.69, 9.17) is 9.47 Å². The van der Waals surface area contributed by atoms with Gasteiger partial charge in [0.15, 0.2) is 0 Å². The van der Waals surface area contributed by atoms with E-state index in [9.17, 15) is 4.79 Å². The summed E-state index contributed by atoms with van der Waals surface area (Å²) < 4.78 is 11.6. The van der Waals surface area contributed by atoms with Crippen molar-refractivity contribution in [3.63, 3.8) is 0 Å². The Morgan fingerprint density at radius 1 is 0.962 bits per heavy atom. The van der Waals surface area contributed by atoms with Crippen molar-refractivity contribution in [3.05, 3.63) is 0 Å². The summed E-state index contributed by atoms with van der Waals surface area (Å²) in [6.07, 6.45) is 9.37. The summed E-state index contributed by atoms with van der Waals surface area (Å²) in [7, 11) is 0. The largest absolute Gasteiger partial charge is 0.465 e. The lowest BCUT2D eigenvalue weighted by molar-refractivity contribution is -0.169. The molecular formula is C23H42O3. The summed E-state index contributed by atoms with van der Waals surface area (Å²) in [5, 5.41) is 0. The zero-order valence-corrected chi connectivity index (χ0v) is 18.3. The van der Waals surface area contributed by atoms with Crippen LogP contribution in [0, 0.1) is 22.2 Å². The van der Waals surface area contributed by atoms with Crippen LogP contribution in [0.5, 0.6) is 0 Å². The summed E-state index contributed by atoms with van der Waals surface area (Å²) in [4.78, 5) is 13.4. The smallest absolute Gasteiger partial charge is 0.312 e. The molecule has 3 heteroatoms. The number of rotatable bonds is 10.